The van der Waals surface area contributed by atoms with Gasteiger partial charge in [0.15, 0.2) is 0 Å². The average molecular weight is 285 g/mol. The molecular formula is C14H21ClN2O2. The van der Waals surface area contributed by atoms with Gasteiger partial charge in [-0.3, -0.25) is 4.79 Å². The molecule has 1 rings (SSSR count). The Morgan fingerprint density at radius 1 is 1.47 bits per heavy atom. The number of carbonyl (C=O) groups is 1. The van der Waals surface area contributed by atoms with Crippen molar-refractivity contribution in [2.24, 2.45) is 0 Å². The van der Waals surface area contributed by atoms with Crippen LogP contribution in [0.25, 0.3) is 0 Å². The van der Waals surface area contributed by atoms with Gasteiger partial charge in [-0.1, -0.05) is 11.6 Å². The van der Waals surface area contributed by atoms with Crippen LogP contribution >= 0.6 is 11.6 Å². The molecule has 1 amide bonds. The summed E-state index contributed by atoms with van der Waals surface area (Å²) in [5, 5.41) is 3.85. The van der Waals surface area contributed by atoms with Crippen molar-refractivity contribution in [1.29, 1.82) is 0 Å². The van der Waals surface area contributed by atoms with Gasteiger partial charge in [0.25, 0.3) is 5.91 Å². The van der Waals surface area contributed by atoms with Crippen LogP contribution in [-0.2, 0) is 4.74 Å². The maximum Gasteiger partial charge on any atom is 0.253 e. The largest absolute Gasteiger partial charge is 0.380 e. The normalized spacial score (nSPS) is 12.1. The highest BCUT2D eigenvalue weighted by molar-refractivity contribution is 6.33. The number of benzene rings is 1. The van der Waals surface area contributed by atoms with Crippen molar-refractivity contribution in [3.63, 3.8) is 0 Å². The molecule has 0 aliphatic rings. The van der Waals surface area contributed by atoms with Crippen LogP contribution in [-0.4, -0.2) is 44.2 Å². The number of halogens is 1. The lowest BCUT2D eigenvalue weighted by molar-refractivity contribution is 0.0827. The Morgan fingerprint density at radius 2 is 2.16 bits per heavy atom. The average Bonchev–Trinajstić information content (AvgIpc) is 2.38. The second kappa shape index (κ2) is 7.36. The number of hydrogen-bond donors (Lipinski definition) is 1. The highest BCUT2D eigenvalue weighted by atomic mass is 35.5. The first kappa shape index (κ1) is 15.8. The number of anilines is 1. The number of carbonyl (C=O) groups excluding carboxylic acids is 1. The first-order valence-corrected chi connectivity index (χ1v) is 6.69. The predicted molar refractivity (Wildman–Crippen MR) is 79.0 cm³/mol. The van der Waals surface area contributed by atoms with E-state index in [1.807, 2.05) is 13.8 Å². The lowest BCUT2D eigenvalue weighted by Crippen LogP contribution is -2.23. The van der Waals surface area contributed by atoms with Gasteiger partial charge in [0, 0.05) is 32.3 Å². The number of rotatable bonds is 6. The van der Waals surface area contributed by atoms with E-state index in [4.69, 9.17) is 16.3 Å². The number of nitrogens with zero attached hydrogens (tertiary/aromatic N) is 1. The molecule has 19 heavy (non-hydrogen) atoms. The SMILES string of the molecule is CCOCC(C)Nc1cc(C(=O)N(C)C)ccc1Cl. The molecule has 4 nitrogen and oxygen atoms in total. The van der Waals surface area contributed by atoms with Gasteiger partial charge in [0.2, 0.25) is 0 Å². The van der Waals surface area contributed by atoms with Crippen LogP contribution in [0.4, 0.5) is 5.69 Å². The topological polar surface area (TPSA) is 41.6 Å². The van der Waals surface area contributed by atoms with Crippen molar-refractivity contribution < 1.29 is 9.53 Å². The Labute approximate surface area is 119 Å². The third-order valence-electron chi connectivity index (χ3n) is 2.59. The molecule has 0 aromatic heterocycles. The standard InChI is InChI=1S/C14H21ClN2O2/c1-5-19-9-10(2)16-13-8-11(6-7-12(13)15)14(18)17(3)4/h6-8,10,16H,5,9H2,1-4H3. The van der Waals surface area contributed by atoms with E-state index in [0.717, 1.165) is 5.69 Å². The summed E-state index contributed by atoms with van der Waals surface area (Å²) in [6, 6.07) is 5.35. The summed E-state index contributed by atoms with van der Waals surface area (Å²) in [6.07, 6.45) is 0. The van der Waals surface area contributed by atoms with Crippen molar-refractivity contribution in [2.75, 3.05) is 32.6 Å². The third kappa shape index (κ3) is 4.73. The van der Waals surface area contributed by atoms with Gasteiger partial charge < -0.3 is 15.0 Å². The van der Waals surface area contributed by atoms with E-state index in [1.165, 1.54) is 4.90 Å². The molecular weight excluding hydrogens is 264 g/mol. The van der Waals surface area contributed by atoms with E-state index in [2.05, 4.69) is 5.32 Å². The maximum atomic E-state index is 11.9. The van der Waals surface area contributed by atoms with Crippen LogP contribution in [0.1, 0.15) is 24.2 Å². The molecule has 0 aliphatic carbocycles. The van der Waals surface area contributed by atoms with Crippen molar-refractivity contribution >= 4 is 23.2 Å². The zero-order valence-electron chi connectivity index (χ0n) is 11.9. The molecule has 0 radical (unpaired) electrons. The lowest BCUT2D eigenvalue weighted by Gasteiger charge is -2.17. The molecule has 106 valence electrons. The van der Waals surface area contributed by atoms with E-state index < -0.39 is 0 Å². The Hall–Kier alpha value is -1.26. The number of ether oxygens (including phenoxy) is 1. The van der Waals surface area contributed by atoms with Crippen molar-refractivity contribution in [2.45, 2.75) is 19.9 Å². The quantitative estimate of drug-likeness (QED) is 0.873. The summed E-state index contributed by atoms with van der Waals surface area (Å²) >= 11 is 6.13. The Balaban J connectivity index is 2.82. The van der Waals surface area contributed by atoms with Gasteiger partial charge in [0.1, 0.15) is 0 Å². The molecule has 0 fully saturated rings. The van der Waals surface area contributed by atoms with E-state index in [1.54, 1.807) is 32.3 Å². The predicted octanol–water partition coefficient (Wildman–Crippen LogP) is 2.88. The van der Waals surface area contributed by atoms with Gasteiger partial charge in [-0.05, 0) is 32.0 Å². The summed E-state index contributed by atoms with van der Waals surface area (Å²) in [4.78, 5) is 13.4. The molecule has 1 atom stereocenters. The molecule has 1 aromatic carbocycles. The number of amides is 1. The Morgan fingerprint density at radius 3 is 2.74 bits per heavy atom. The molecule has 0 saturated carbocycles. The van der Waals surface area contributed by atoms with Crippen LogP contribution in [0.3, 0.4) is 0 Å². The highest BCUT2D eigenvalue weighted by Gasteiger charge is 2.12. The maximum absolute atomic E-state index is 11.9. The summed E-state index contributed by atoms with van der Waals surface area (Å²) in [7, 11) is 3.45. The van der Waals surface area contributed by atoms with Gasteiger partial charge in [0.05, 0.1) is 17.3 Å². The number of nitrogens with one attached hydrogen (secondary N) is 1. The molecule has 1 aromatic rings. The van der Waals surface area contributed by atoms with Crippen LogP contribution < -0.4 is 5.32 Å². The minimum Gasteiger partial charge on any atom is -0.380 e. The van der Waals surface area contributed by atoms with E-state index >= 15 is 0 Å². The summed E-state index contributed by atoms with van der Waals surface area (Å²) < 4.78 is 5.34. The van der Waals surface area contributed by atoms with Gasteiger partial charge in [-0.2, -0.15) is 0 Å². The fraction of sp³-hybridized carbons (Fsp3) is 0.500. The van der Waals surface area contributed by atoms with Gasteiger partial charge >= 0.3 is 0 Å². The van der Waals surface area contributed by atoms with Crippen LogP contribution in [0.2, 0.25) is 5.02 Å². The van der Waals surface area contributed by atoms with Crippen LogP contribution in [0.5, 0.6) is 0 Å². The molecule has 0 bridgehead atoms. The minimum absolute atomic E-state index is 0.0443. The second-order valence-corrected chi connectivity index (χ2v) is 5.01. The summed E-state index contributed by atoms with van der Waals surface area (Å²) in [6.45, 7) is 5.24. The first-order chi connectivity index (χ1) is 8.95. The van der Waals surface area contributed by atoms with E-state index in [9.17, 15) is 4.79 Å². The van der Waals surface area contributed by atoms with E-state index in [0.29, 0.717) is 23.8 Å². The van der Waals surface area contributed by atoms with Crippen LogP contribution in [0.15, 0.2) is 18.2 Å². The second-order valence-electron chi connectivity index (χ2n) is 4.60. The monoisotopic (exact) mass is 284 g/mol. The van der Waals surface area contributed by atoms with Gasteiger partial charge in [-0.15, -0.1) is 0 Å². The highest BCUT2D eigenvalue weighted by Crippen LogP contribution is 2.24. The van der Waals surface area contributed by atoms with Gasteiger partial charge in [-0.25, -0.2) is 0 Å². The number of hydrogen-bond acceptors (Lipinski definition) is 3. The molecule has 1 N–H and O–H groups in total. The Bertz CT molecular complexity index is 435. The van der Waals surface area contributed by atoms with Crippen LogP contribution in [0, 0.1) is 0 Å². The molecule has 0 heterocycles. The molecule has 5 heteroatoms. The molecule has 0 saturated heterocycles. The zero-order chi connectivity index (χ0) is 14.4. The fourth-order valence-electron chi connectivity index (χ4n) is 1.63. The van der Waals surface area contributed by atoms with Crippen molar-refractivity contribution in [1.82, 2.24) is 4.90 Å². The molecule has 0 aliphatic heterocycles. The molecule has 0 spiro atoms. The lowest BCUT2D eigenvalue weighted by atomic mass is 10.1. The third-order valence-corrected chi connectivity index (χ3v) is 2.92. The first-order valence-electron chi connectivity index (χ1n) is 6.31. The molecule has 1 unspecified atom stereocenters. The summed E-state index contributed by atoms with van der Waals surface area (Å²) in [5.41, 5.74) is 1.36. The fourth-order valence-corrected chi connectivity index (χ4v) is 1.80. The van der Waals surface area contributed by atoms with Crippen molar-refractivity contribution in [3.05, 3.63) is 28.8 Å². The van der Waals surface area contributed by atoms with E-state index in [-0.39, 0.29) is 11.9 Å². The minimum atomic E-state index is -0.0443. The zero-order valence-corrected chi connectivity index (χ0v) is 12.6. The summed E-state index contributed by atoms with van der Waals surface area (Å²) in [5.74, 6) is -0.0443. The smallest absolute Gasteiger partial charge is 0.253 e. The Kier molecular flexibility index (Phi) is 6.12. The van der Waals surface area contributed by atoms with Crippen molar-refractivity contribution in [3.8, 4) is 0 Å².